The van der Waals surface area contributed by atoms with E-state index in [1.807, 2.05) is 6.92 Å². The van der Waals surface area contributed by atoms with Crippen LogP contribution in [-0.2, 0) is 19.1 Å². The second-order valence-electron chi connectivity index (χ2n) is 4.66. The third-order valence-electron chi connectivity index (χ3n) is 2.69. The Morgan fingerprint density at radius 2 is 2.25 bits per heavy atom. The van der Waals surface area contributed by atoms with E-state index in [1.54, 1.807) is 20.8 Å². The summed E-state index contributed by atoms with van der Waals surface area (Å²) in [4.78, 5) is 23.3. The monoisotopic (exact) mass is 229 g/mol. The molecule has 0 aromatic rings. The molecule has 5 nitrogen and oxygen atoms in total. The summed E-state index contributed by atoms with van der Waals surface area (Å²) in [5.74, 6) is -0.899. The molecule has 1 unspecified atom stereocenters. The van der Waals surface area contributed by atoms with E-state index < -0.39 is 23.1 Å². The molecule has 0 aliphatic carbocycles. The highest BCUT2D eigenvalue weighted by molar-refractivity contribution is 5.87. The van der Waals surface area contributed by atoms with Crippen LogP contribution in [0.2, 0.25) is 0 Å². The molecule has 16 heavy (non-hydrogen) atoms. The SMILES string of the molecule is CCNC(C)(C)C(=O)OC1(C)CCOC1=O. The van der Waals surface area contributed by atoms with E-state index in [2.05, 4.69) is 5.32 Å². The maximum absolute atomic E-state index is 11.9. The Hall–Kier alpha value is -1.10. The van der Waals surface area contributed by atoms with Gasteiger partial charge in [0.25, 0.3) is 0 Å². The van der Waals surface area contributed by atoms with Crippen LogP contribution in [0.4, 0.5) is 0 Å². The number of esters is 2. The zero-order valence-electron chi connectivity index (χ0n) is 10.3. The molecule has 1 N–H and O–H groups in total. The van der Waals surface area contributed by atoms with Crippen LogP contribution in [0.5, 0.6) is 0 Å². The Bertz CT molecular complexity index is 300. The Kier molecular flexibility index (Phi) is 3.57. The topological polar surface area (TPSA) is 64.6 Å². The van der Waals surface area contributed by atoms with E-state index in [0.29, 0.717) is 19.6 Å². The molecule has 1 aliphatic heterocycles. The summed E-state index contributed by atoms with van der Waals surface area (Å²) in [5.41, 5.74) is -1.91. The van der Waals surface area contributed by atoms with Crippen LogP contribution < -0.4 is 5.32 Å². The first-order valence-electron chi connectivity index (χ1n) is 5.47. The predicted octanol–water partition coefficient (Wildman–Crippen LogP) is 0.623. The normalized spacial score (nSPS) is 25.4. The van der Waals surface area contributed by atoms with Gasteiger partial charge in [0.2, 0.25) is 5.60 Å². The van der Waals surface area contributed by atoms with Crippen molar-refractivity contribution in [2.24, 2.45) is 0 Å². The molecular formula is C11H19NO4. The van der Waals surface area contributed by atoms with Gasteiger partial charge < -0.3 is 14.8 Å². The van der Waals surface area contributed by atoms with Gasteiger partial charge in [0.15, 0.2) is 0 Å². The summed E-state index contributed by atoms with van der Waals surface area (Å²) >= 11 is 0. The van der Waals surface area contributed by atoms with Crippen LogP contribution in [-0.4, -0.2) is 36.2 Å². The van der Waals surface area contributed by atoms with Crippen molar-refractivity contribution in [1.29, 1.82) is 0 Å². The average molecular weight is 229 g/mol. The van der Waals surface area contributed by atoms with E-state index in [4.69, 9.17) is 9.47 Å². The Morgan fingerprint density at radius 1 is 1.62 bits per heavy atom. The first-order valence-corrected chi connectivity index (χ1v) is 5.47. The van der Waals surface area contributed by atoms with Gasteiger partial charge in [-0.25, -0.2) is 4.79 Å². The van der Waals surface area contributed by atoms with Crippen LogP contribution in [0.3, 0.4) is 0 Å². The second kappa shape index (κ2) is 4.41. The number of carbonyl (C=O) groups excluding carboxylic acids is 2. The number of rotatable bonds is 4. The van der Waals surface area contributed by atoms with Crippen LogP contribution in [0.25, 0.3) is 0 Å². The highest BCUT2D eigenvalue weighted by Gasteiger charge is 2.46. The molecule has 1 heterocycles. The molecule has 5 heteroatoms. The first kappa shape index (κ1) is 13.0. The number of hydrogen-bond donors (Lipinski definition) is 1. The summed E-state index contributed by atoms with van der Waals surface area (Å²) in [6, 6.07) is 0. The van der Waals surface area contributed by atoms with Gasteiger partial charge in [-0.15, -0.1) is 0 Å². The van der Waals surface area contributed by atoms with Gasteiger partial charge in [-0.2, -0.15) is 0 Å². The minimum absolute atomic E-state index is 0.310. The van der Waals surface area contributed by atoms with Gasteiger partial charge in [0.1, 0.15) is 5.54 Å². The standard InChI is InChI=1S/C11H19NO4/c1-5-12-10(2,3)8(13)16-11(4)6-7-15-9(11)14/h12H,5-7H2,1-4H3. The number of carbonyl (C=O) groups is 2. The lowest BCUT2D eigenvalue weighted by atomic mass is 10.0. The molecule has 1 atom stereocenters. The van der Waals surface area contributed by atoms with Gasteiger partial charge in [-0.3, -0.25) is 4.79 Å². The molecule has 0 spiro atoms. The minimum atomic E-state index is -1.12. The van der Waals surface area contributed by atoms with Crippen LogP contribution in [0, 0.1) is 0 Å². The lowest BCUT2D eigenvalue weighted by molar-refractivity contribution is -0.175. The van der Waals surface area contributed by atoms with E-state index in [0.717, 1.165) is 0 Å². The molecule has 0 saturated carbocycles. The molecule has 1 fully saturated rings. The lowest BCUT2D eigenvalue weighted by Crippen LogP contribution is -2.51. The smallest absolute Gasteiger partial charge is 0.350 e. The number of likely N-dealkylation sites (N-methyl/N-ethyl adjacent to an activating group) is 1. The van der Waals surface area contributed by atoms with Gasteiger partial charge in [0, 0.05) is 6.42 Å². The van der Waals surface area contributed by atoms with Crippen molar-refractivity contribution in [2.45, 2.75) is 45.3 Å². The molecular weight excluding hydrogens is 210 g/mol. The molecule has 0 aromatic carbocycles. The predicted molar refractivity (Wildman–Crippen MR) is 57.8 cm³/mol. The fourth-order valence-corrected chi connectivity index (χ4v) is 1.53. The average Bonchev–Trinajstić information content (AvgIpc) is 2.46. The quantitative estimate of drug-likeness (QED) is 0.716. The molecule has 1 aliphatic rings. The highest BCUT2D eigenvalue weighted by atomic mass is 16.6. The summed E-state index contributed by atoms with van der Waals surface area (Å²) in [6.45, 7) is 7.90. The Morgan fingerprint density at radius 3 is 2.69 bits per heavy atom. The molecule has 92 valence electrons. The van der Waals surface area contributed by atoms with Crippen molar-refractivity contribution in [3.8, 4) is 0 Å². The van der Waals surface area contributed by atoms with Crippen LogP contribution in [0.15, 0.2) is 0 Å². The Labute approximate surface area is 95.5 Å². The van der Waals surface area contributed by atoms with Crippen LogP contribution >= 0.6 is 0 Å². The van der Waals surface area contributed by atoms with Crippen molar-refractivity contribution in [1.82, 2.24) is 5.32 Å². The molecule has 0 aromatic heterocycles. The third kappa shape index (κ3) is 2.52. The van der Waals surface area contributed by atoms with E-state index >= 15 is 0 Å². The zero-order chi connectivity index (χ0) is 12.4. The van der Waals surface area contributed by atoms with E-state index in [1.165, 1.54) is 0 Å². The van der Waals surface area contributed by atoms with Gasteiger partial charge in [0.05, 0.1) is 6.61 Å². The summed E-state index contributed by atoms with van der Waals surface area (Å²) in [7, 11) is 0. The fraction of sp³-hybridized carbons (Fsp3) is 0.818. The van der Waals surface area contributed by atoms with Crippen molar-refractivity contribution in [2.75, 3.05) is 13.2 Å². The lowest BCUT2D eigenvalue weighted by Gasteiger charge is -2.28. The zero-order valence-corrected chi connectivity index (χ0v) is 10.3. The molecule has 1 rings (SSSR count). The summed E-state index contributed by atoms with van der Waals surface area (Å²) in [5, 5.41) is 3.00. The number of cyclic esters (lactones) is 1. The maximum atomic E-state index is 11.9. The molecule has 0 bridgehead atoms. The van der Waals surface area contributed by atoms with Gasteiger partial charge in [-0.1, -0.05) is 6.92 Å². The van der Waals surface area contributed by atoms with Gasteiger partial charge >= 0.3 is 11.9 Å². The molecule has 0 amide bonds. The summed E-state index contributed by atoms with van der Waals surface area (Å²) < 4.78 is 10.1. The second-order valence-corrected chi connectivity index (χ2v) is 4.66. The van der Waals surface area contributed by atoms with Crippen molar-refractivity contribution in [3.63, 3.8) is 0 Å². The molecule has 0 radical (unpaired) electrons. The van der Waals surface area contributed by atoms with E-state index in [-0.39, 0.29) is 0 Å². The fourth-order valence-electron chi connectivity index (χ4n) is 1.53. The van der Waals surface area contributed by atoms with Gasteiger partial charge in [-0.05, 0) is 27.3 Å². The van der Waals surface area contributed by atoms with Crippen molar-refractivity contribution in [3.05, 3.63) is 0 Å². The first-order chi connectivity index (χ1) is 7.32. The third-order valence-corrected chi connectivity index (χ3v) is 2.69. The van der Waals surface area contributed by atoms with Crippen LogP contribution in [0.1, 0.15) is 34.1 Å². The largest absolute Gasteiger partial charge is 0.463 e. The maximum Gasteiger partial charge on any atom is 0.350 e. The number of hydrogen-bond acceptors (Lipinski definition) is 5. The molecule has 1 saturated heterocycles. The number of nitrogens with one attached hydrogen (secondary N) is 1. The number of ether oxygens (including phenoxy) is 2. The van der Waals surface area contributed by atoms with Crippen molar-refractivity contribution < 1.29 is 19.1 Å². The highest BCUT2D eigenvalue weighted by Crippen LogP contribution is 2.25. The minimum Gasteiger partial charge on any atom is -0.463 e. The van der Waals surface area contributed by atoms with E-state index in [9.17, 15) is 9.59 Å². The van der Waals surface area contributed by atoms with Crippen molar-refractivity contribution >= 4 is 11.9 Å². The summed E-state index contributed by atoms with van der Waals surface area (Å²) in [6.07, 6.45) is 0.416. The Balaban J connectivity index is 2.67.